The second kappa shape index (κ2) is 11.8. The number of benzene rings is 4. The quantitative estimate of drug-likeness (QED) is 0.238. The van der Waals surface area contributed by atoms with Gasteiger partial charge in [0.15, 0.2) is 0 Å². The van der Waals surface area contributed by atoms with E-state index in [0.29, 0.717) is 5.92 Å². The standard InChI is InChI=1S/C31H34NP/c1-3-26(27-16-7-4-8-17-27)18-15-25-32(2)30-23-13-14-24-31(30)33(28-19-9-5-10-20-28)29-21-11-6-12-22-29/h4-14,16-17,19-24,26H,3,15,18,25H2,1-2H3/t26-/m1/s1. The molecule has 168 valence electrons. The van der Waals surface area contributed by atoms with Crippen LogP contribution >= 0.6 is 7.92 Å². The molecule has 0 spiro atoms. The molecule has 0 saturated heterocycles. The molecule has 0 amide bonds. The van der Waals surface area contributed by atoms with Crippen molar-refractivity contribution >= 4 is 29.5 Å². The number of nitrogens with zero attached hydrogens (tertiary/aromatic N) is 1. The number of hydrogen-bond acceptors (Lipinski definition) is 1. The summed E-state index contributed by atoms with van der Waals surface area (Å²) in [5.74, 6) is 0.639. The normalized spacial score (nSPS) is 12.0. The van der Waals surface area contributed by atoms with Crippen molar-refractivity contribution in [1.29, 1.82) is 0 Å². The highest BCUT2D eigenvalue weighted by molar-refractivity contribution is 7.80. The van der Waals surface area contributed by atoms with Gasteiger partial charge in [0.1, 0.15) is 0 Å². The van der Waals surface area contributed by atoms with E-state index in [9.17, 15) is 0 Å². The molecule has 4 aromatic carbocycles. The number of para-hydroxylation sites is 1. The molecule has 2 heteroatoms. The van der Waals surface area contributed by atoms with Crippen molar-refractivity contribution in [2.75, 3.05) is 18.5 Å². The van der Waals surface area contributed by atoms with Gasteiger partial charge in [-0.05, 0) is 55.3 Å². The SMILES string of the molecule is CC[C@H](CCCN(C)c1ccccc1P(c1ccccc1)c1ccccc1)c1ccccc1. The number of hydrogen-bond donors (Lipinski definition) is 0. The molecule has 1 nitrogen and oxygen atoms in total. The summed E-state index contributed by atoms with van der Waals surface area (Å²) in [6, 6.07) is 42.0. The first kappa shape index (κ1) is 23.3. The zero-order valence-corrected chi connectivity index (χ0v) is 20.7. The molecule has 0 aliphatic heterocycles. The molecule has 0 unspecified atom stereocenters. The van der Waals surface area contributed by atoms with Crippen molar-refractivity contribution < 1.29 is 0 Å². The highest BCUT2D eigenvalue weighted by Gasteiger charge is 2.20. The lowest BCUT2D eigenvalue weighted by molar-refractivity contribution is 0.575. The van der Waals surface area contributed by atoms with E-state index in [2.05, 4.69) is 134 Å². The van der Waals surface area contributed by atoms with Crippen LogP contribution in [0.5, 0.6) is 0 Å². The third-order valence-electron chi connectivity index (χ3n) is 6.37. The van der Waals surface area contributed by atoms with Crippen LogP contribution in [0.15, 0.2) is 115 Å². The molecule has 0 radical (unpaired) electrons. The second-order valence-electron chi connectivity index (χ2n) is 8.57. The fourth-order valence-corrected chi connectivity index (χ4v) is 7.09. The highest BCUT2D eigenvalue weighted by Crippen LogP contribution is 2.36. The fraction of sp³-hybridized carbons (Fsp3) is 0.226. The van der Waals surface area contributed by atoms with Gasteiger partial charge in [-0.15, -0.1) is 0 Å². The van der Waals surface area contributed by atoms with E-state index in [1.807, 2.05) is 0 Å². The Morgan fingerprint density at radius 1 is 0.667 bits per heavy atom. The summed E-state index contributed by atoms with van der Waals surface area (Å²) < 4.78 is 0. The lowest BCUT2D eigenvalue weighted by atomic mass is 9.92. The summed E-state index contributed by atoms with van der Waals surface area (Å²) in [7, 11) is 1.65. The van der Waals surface area contributed by atoms with Gasteiger partial charge in [0, 0.05) is 24.6 Å². The van der Waals surface area contributed by atoms with Gasteiger partial charge in [0.2, 0.25) is 0 Å². The smallest absolute Gasteiger partial charge is 0.0448 e. The van der Waals surface area contributed by atoms with Crippen molar-refractivity contribution in [1.82, 2.24) is 0 Å². The van der Waals surface area contributed by atoms with Crippen molar-refractivity contribution in [3.05, 3.63) is 121 Å². The largest absolute Gasteiger partial charge is 0.374 e. The Morgan fingerprint density at radius 2 is 1.18 bits per heavy atom. The molecule has 0 aliphatic carbocycles. The van der Waals surface area contributed by atoms with Crippen molar-refractivity contribution in [2.45, 2.75) is 32.1 Å². The summed E-state index contributed by atoms with van der Waals surface area (Å²) in [5, 5.41) is 4.23. The lowest BCUT2D eigenvalue weighted by Gasteiger charge is -2.28. The van der Waals surface area contributed by atoms with Gasteiger partial charge >= 0.3 is 0 Å². The molecule has 0 aromatic heterocycles. The van der Waals surface area contributed by atoms with E-state index in [1.54, 1.807) is 0 Å². The molecule has 4 aromatic rings. The predicted molar refractivity (Wildman–Crippen MR) is 147 cm³/mol. The van der Waals surface area contributed by atoms with Gasteiger partial charge in [-0.2, -0.15) is 0 Å². The molecule has 0 saturated carbocycles. The van der Waals surface area contributed by atoms with Crippen LogP contribution in [0.3, 0.4) is 0 Å². The minimum atomic E-state index is -0.608. The van der Waals surface area contributed by atoms with E-state index >= 15 is 0 Å². The third-order valence-corrected chi connectivity index (χ3v) is 8.86. The molecule has 0 N–H and O–H groups in total. The topological polar surface area (TPSA) is 3.24 Å². The predicted octanol–water partition coefficient (Wildman–Crippen LogP) is 6.86. The maximum atomic E-state index is 2.47. The lowest BCUT2D eigenvalue weighted by Crippen LogP contribution is -2.28. The van der Waals surface area contributed by atoms with Gasteiger partial charge in [-0.1, -0.05) is 116 Å². The van der Waals surface area contributed by atoms with Crippen LogP contribution in [0.2, 0.25) is 0 Å². The molecule has 33 heavy (non-hydrogen) atoms. The maximum Gasteiger partial charge on any atom is 0.0448 e. The summed E-state index contributed by atoms with van der Waals surface area (Å²) >= 11 is 0. The van der Waals surface area contributed by atoms with Crippen LogP contribution in [-0.4, -0.2) is 13.6 Å². The first-order chi connectivity index (χ1) is 16.3. The average molecular weight is 452 g/mol. The molecule has 0 aliphatic rings. The zero-order valence-electron chi connectivity index (χ0n) is 19.8. The van der Waals surface area contributed by atoms with E-state index in [4.69, 9.17) is 0 Å². The highest BCUT2D eigenvalue weighted by atomic mass is 31.1. The summed E-state index contributed by atoms with van der Waals surface area (Å²) in [6.45, 7) is 3.37. The van der Waals surface area contributed by atoms with Gasteiger partial charge in [-0.3, -0.25) is 0 Å². The Morgan fingerprint density at radius 3 is 1.76 bits per heavy atom. The van der Waals surface area contributed by atoms with Gasteiger partial charge in [0.05, 0.1) is 0 Å². The van der Waals surface area contributed by atoms with E-state index in [-0.39, 0.29) is 0 Å². The first-order valence-electron chi connectivity index (χ1n) is 12.0. The Bertz CT molecular complexity index is 1060. The van der Waals surface area contributed by atoms with Crippen LogP contribution in [0.1, 0.15) is 37.7 Å². The maximum absolute atomic E-state index is 2.47. The minimum Gasteiger partial charge on any atom is -0.374 e. The van der Waals surface area contributed by atoms with Crippen LogP contribution in [-0.2, 0) is 0 Å². The van der Waals surface area contributed by atoms with Crippen LogP contribution in [0, 0.1) is 0 Å². The Kier molecular flexibility index (Phi) is 8.34. The van der Waals surface area contributed by atoms with Gasteiger partial charge < -0.3 is 4.90 Å². The van der Waals surface area contributed by atoms with Gasteiger partial charge in [0.25, 0.3) is 0 Å². The molecule has 0 heterocycles. The van der Waals surface area contributed by atoms with E-state index < -0.39 is 7.92 Å². The molecular weight excluding hydrogens is 417 g/mol. The van der Waals surface area contributed by atoms with Crippen molar-refractivity contribution in [3.63, 3.8) is 0 Å². The monoisotopic (exact) mass is 451 g/mol. The van der Waals surface area contributed by atoms with E-state index in [0.717, 1.165) is 6.54 Å². The fourth-order valence-electron chi connectivity index (χ4n) is 4.58. The molecular formula is C31H34NP. The second-order valence-corrected chi connectivity index (χ2v) is 10.8. The molecule has 0 bridgehead atoms. The molecule has 1 atom stereocenters. The summed E-state index contributed by atoms with van der Waals surface area (Å²) in [5.41, 5.74) is 2.82. The Balaban J connectivity index is 1.55. The minimum absolute atomic E-state index is 0.608. The zero-order chi connectivity index (χ0) is 22.9. The molecule has 0 fully saturated rings. The van der Waals surface area contributed by atoms with Crippen LogP contribution in [0.25, 0.3) is 0 Å². The number of anilines is 1. The van der Waals surface area contributed by atoms with E-state index in [1.165, 1.54) is 46.4 Å². The molecule has 4 rings (SSSR count). The summed E-state index contributed by atoms with van der Waals surface area (Å²) in [4.78, 5) is 2.47. The number of rotatable bonds is 10. The summed E-state index contributed by atoms with van der Waals surface area (Å²) in [6.07, 6.45) is 3.60. The average Bonchev–Trinajstić information content (AvgIpc) is 2.89. The van der Waals surface area contributed by atoms with Crippen molar-refractivity contribution in [3.8, 4) is 0 Å². The third kappa shape index (κ3) is 5.92. The van der Waals surface area contributed by atoms with Crippen LogP contribution in [0.4, 0.5) is 5.69 Å². The first-order valence-corrected chi connectivity index (χ1v) is 13.4. The van der Waals surface area contributed by atoms with Gasteiger partial charge in [-0.25, -0.2) is 0 Å². The van der Waals surface area contributed by atoms with Crippen LogP contribution < -0.4 is 20.8 Å². The Hall–Kier alpha value is -2.89. The Labute approximate surface area is 200 Å². The van der Waals surface area contributed by atoms with Crippen molar-refractivity contribution in [2.24, 2.45) is 0 Å².